The largest absolute Gasteiger partial charge is 0.481 e. The number of carboxylic acid groups (broad SMARTS) is 1. The first kappa shape index (κ1) is 15.8. The van der Waals surface area contributed by atoms with E-state index in [-0.39, 0.29) is 18.0 Å². The van der Waals surface area contributed by atoms with E-state index >= 15 is 0 Å². The van der Waals surface area contributed by atoms with Crippen LogP contribution in [0.2, 0.25) is 0 Å². The van der Waals surface area contributed by atoms with Gasteiger partial charge in [-0.2, -0.15) is 0 Å². The summed E-state index contributed by atoms with van der Waals surface area (Å²) in [6.07, 6.45) is 2.54. The molecule has 124 valence electrons. The van der Waals surface area contributed by atoms with Crippen LogP contribution < -0.4 is 5.32 Å². The van der Waals surface area contributed by atoms with Crippen LogP contribution in [0.15, 0.2) is 18.2 Å². The van der Waals surface area contributed by atoms with Gasteiger partial charge in [0.2, 0.25) is 0 Å². The molecule has 1 aliphatic heterocycles. The van der Waals surface area contributed by atoms with E-state index in [1.54, 1.807) is 4.90 Å². The average Bonchev–Trinajstić information content (AvgIpc) is 2.88. The van der Waals surface area contributed by atoms with Gasteiger partial charge in [0, 0.05) is 13.1 Å². The molecule has 1 heterocycles. The molecule has 0 aromatic heterocycles. The number of fused-ring (bicyclic) bond motifs is 1. The fourth-order valence-corrected chi connectivity index (χ4v) is 3.83. The van der Waals surface area contributed by atoms with Crippen molar-refractivity contribution in [2.75, 3.05) is 13.1 Å². The Balaban J connectivity index is 1.67. The van der Waals surface area contributed by atoms with Crippen molar-refractivity contribution in [1.29, 1.82) is 0 Å². The van der Waals surface area contributed by atoms with E-state index in [4.69, 9.17) is 0 Å². The summed E-state index contributed by atoms with van der Waals surface area (Å²) in [6, 6.07) is 6.26. The number of hydrogen-bond acceptors (Lipinski definition) is 2. The first-order valence-corrected chi connectivity index (χ1v) is 8.31. The van der Waals surface area contributed by atoms with Crippen molar-refractivity contribution in [1.82, 2.24) is 10.2 Å². The zero-order valence-corrected chi connectivity index (χ0v) is 13.7. The topological polar surface area (TPSA) is 69.6 Å². The van der Waals surface area contributed by atoms with E-state index in [1.807, 2.05) is 6.92 Å². The van der Waals surface area contributed by atoms with E-state index in [2.05, 4.69) is 30.4 Å². The molecule has 0 bridgehead atoms. The van der Waals surface area contributed by atoms with Crippen molar-refractivity contribution >= 4 is 12.0 Å². The van der Waals surface area contributed by atoms with Crippen molar-refractivity contribution in [3.63, 3.8) is 0 Å². The normalized spacial score (nSPS) is 26.7. The Morgan fingerprint density at radius 1 is 1.30 bits per heavy atom. The number of nitrogens with one attached hydrogen (secondary N) is 1. The molecule has 5 heteroatoms. The van der Waals surface area contributed by atoms with E-state index in [0.717, 1.165) is 12.8 Å². The van der Waals surface area contributed by atoms with Gasteiger partial charge in [-0.1, -0.05) is 30.7 Å². The maximum Gasteiger partial charge on any atom is 0.317 e. The zero-order chi connectivity index (χ0) is 16.6. The number of benzene rings is 1. The maximum absolute atomic E-state index is 12.6. The Bertz CT molecular complexity index is 629. The number of carbonyl (C=O) groups is 2. The molecule has 1 fully saturated rings. The molecule has 2 aliphatic rings. The summed E-state index contributed by atoms with van der Waals surface area (Å²) >= 11 is 0. The number of rotatable bonds is 2. The SMILES string of the molecule is Cc1ccc2c(c1)CCC2NC(=O)N1CC(C)CC(C(=O)O)C1. The van der Waals surface area contributed by atoms with Gasteiger partial charge in [0.05, 0.1) is 12.0 Å². The standard InChI is InChI=1S/C18H24N2O3/c1-11-3-5-15-13(7-11)4-6-16(15)19-18(23)20-9-12(2)8-14(10-20)17(21)22/h3,5,7,12,14,16H,4,6,8-10H2,1-2H3,(H,19,23)(H,21,22). The van der Waals surface area contributed by atoms with Crippen molar-refractivity contribution in [2.45, 2.75) is 39.2 Å². The molecule has 23 heavy (non-hydrogen) atoms. The van der Waals surface area contributed by atoms with Crippen LogP contribution >= 0.6 is 0 Å². The summed E-state index contributed by atoms with van der Waals surface area (Å²) in [7, 11) is 0. The Morgan fingerprint density at radius 3 is 2.83 bits per heavy atom. The molecule has 2 N–H and O–H groups in total. The van der Waals surface area contributed by atoms with Gasteiger partial charge in [-0.3, -0.25) is 4.79 Å². The minimum absolute atomic E-state index is 0.0404. The Morgan fingerprint density at radius 2 is 2.09 bits per heavy atom. The zero-order valence-electron chi connectivity index (χ0n) is 13.7. The van der Waals surface area contributed by atoms with Crippen molar-refractivity contribution in [3.8, 4) is 0 Å². The van der Waals surface area contributed by atoms with E-state index in [9.17, 15) is 14.7 Å². The average molecular weight is 316 g/mol. The molecule has 2 amide bonds. The molecule has 3 unspecified atom stereocenters. The lowest BCUT2D eigenvalue weighted by molar-refractivity contribution is -0.143. The van der Waals surface area contributed by atoms with Gasteiger partial charge in [-0.25, -0.2) is 4.79 Å². The number of carbonyl (C=O) groups excluding carboxylic acids is 1. The molecule has 1 aliphatic carbocycles. The van der Waals surface area contributed by atoms with Crippen LogP contribution in [0.4, 0.5) is 4.79 Å². The maximum atomic E-state index is 12.6. The number of likely N-dealkylation sites (tertiary alicyclic amines) is 1. The predicted octanol–water partition coefficient (Wildman–Crippen LogP) is 2.73. The summed E-state index contributed by atoms with van der Waals surface area (Å²) < 4.78 is 0. The second kappa shape index (κ2) is 6.22. The number of carboxylic acids is 1. The van der Waals surface area contributed by atoms with Gasteiger partial charge in [0.15, 0.2) is 0 Å². The molecule has 1 aromatic carbocycles. The highest BCUT2D eigenvalue weighted by Gasteiger charge is 2.33. The number of aryl methyl sites for hydroxylation is 2. The van der Waals surface area contributed by atoms with Gasteiger partial charge in [0.1, 0.15) is 0 Å². The third-order valence-electron chi connectivity index (χ3n) is 4.97. The van der Waals surface area contributed by atoms with E-state index in [0.29, 0.717) is 19.5 Å². The second-order valence-corrected chi connectivity index (χ2v) is 7.02. The van der Waals surface area contributed by atoms with Crippen molar-refractivity contribution in [3.05, 3.63) is 34.9 Å². The highest BCUT2D eigenvalue weighted by Crippen LogP contribution is 2.32. The van der Waals surface area contributed by atoms with E-state index in [1.165, 1.54) is 16.7 Å². The fourth-order valence-electron chi connectivity index (χ4n) is 3.83. The fraction of sp³-hybridized carbons (Fsp3) is 0.556. The van der Waals surface area contributed by atoms with Gasteiger partial charge >= 0.3 is 12.0 Å². The van der Waals surface area contributed by atoms with Crippen LogP contribution in [-0.4, -0.2) is 35.1 Å². The number of aliphatic carboxylic acids is 1. The number of urea groups is 1. The minimum Gasteiger partial charge on any atom is -0.481 e. The summed E-state index contributed by atoms with van der Waals surface area (Å²) in [5, 5.41) is 12.3. The van der Waals surface area contributed by atoms with Gasteiger partial charge in [-0.05, 0) is 43.2 Å². The molecule has 0 spiro atoms. The summed E-state index contributed by atoms with van der Waals surface area (Å²) in [6.45, 7) is 5.01. The van der Waals surface area contributed by atoms with Crippen molar-refractivity contribution < 1.29 is 14.7 Å². The lowest BCUT2D eigenvalue weighted by Gasteiger charge is -2.35. The predicted molar refractivity (Wildman–Crippen MR) is 87.3 cm³/mol. The molecule has 0 radical (unpaired) electrons. The third-order valence-corrected chi connectivity index (χ3v) is 4.97. The molecule has 5 nitrogen and oxygen atoms in total. The third kappa shape index (κ3) is 3.33. The minimum atomic E-state index is -0.809. The van der Waals surface area contributed by atoms with Crippen LogP contribution in [0.3, 0.4) is 0 Å². The first-order chi connectivity index (χ1) is 10.9. The Kier molecular flexibility index (Phi) is 4.28. The highest BCUT2D eigenvalue weighted by atomic mass is 16.4. The van der Waals surface area contributed by atoms with Gasteiger partial charge in [-0.15, -0.1) is 0 Å². The Labute approximate surface area is 136 Å². The lowest BCUT2D eigenvalue weighted by Crippen LogP contribution is -2.50. The van der Waals surface area contributed by atoms with Crippen LogP contribution in [0.5, 0.6) is 0 Å². The summed E-state index contributed by atoms with van der Waals surface area (Å²) in [5.74, 6) is -1.05. The van der Waals surface area contributed by atoms with Gasteiger partial charge < -0.3 is 15.3 Å². The van der Waals surface area contributed by atoms with Crippen LogP contribution in [0, 0.1) is 18.8 Å². The lowest BCUT2D eigenvalue weighted by atomic mass is 9.91. The summed E-state index contributed by atoms with van der Waals surface area (Å²) in [4.78, 5) is 25.5. The van der Waals surface area contributed by atoms with Crippen LogP contribution in [0.25, 0.3) is 0 Å². The second-order valence-electron chi connectivity index (χ2n) is 7.02. The molecule has 3 rings (SSSR count). The molecule has 0 saturated carbocycles. The monoisotopic (exact) mass is 316 g/mol. The van der Waals surface area contributed by atoms with E-state index < -0.39 is 11.9 Å². The smallest absolute Gasteiger partial charge is 0.317 e. The molecule has 1 aromatic rings. The van der Waals surface area contributed by atoms with Gasteiger partial charge in [0.25, 0.3) is 0 Å². The molecule has 1 saturated heterocycles. The summed E-state index contributed by atoms with van der Waals surface area (Å²) in [5.41, 5.74) is 3.75. The van der Waals surface area contributed by atoms with Crippen molar-refractivity contribution in [2.24, 2.45) is 11.8 Å². The first-order valence-electron chi connectivity index (χ1n) is 8.31. The van der Waals surface area contributed by atoms with Crippen LogP contribution in [0.1, 0.15) is 42.5 Å². The number of amides is 2. The van der Waals surface area contributed by atoms with Crippen LogP contribution in [-0.2, 0) is 11.2 Å². The Hall–Kier alpha value is -2.04. The number of piperidine rings is 1. The molecular formula is C18H24N2O3. The molecule has 3 atom stereocenters. The molecular weight excluding hydrogens is 292 g/mol. The number of nitrogens with zero attached hydrogens (tertiary/aromatic N) is 1. The number of hydrogen-bond donors (Lipinski definition) is 2. The highest BCUT2D eigenvalue weighted by molar-refractivity contribution is 5.77. The quantitative estimate of drug-likeness (QED) is 0.881.